The zero-order valence-corrected chi connectivity index (χ0v) is 18.3. The van der Waals surface area contributed by atoms with Crippen molar-refractivity contribution < 1.29 is 23.8 Å². The minimum Gasteiger partial charge on any atom is -0.460 e. The SMILES string of the molecule is COCCOC(=O)c1c(C)[nH]c(C(=O)NCC(CC(C)C)N2CCOCC2)c1C. The van der Waals surface area contributed by atoms with Crippen molar-refractivity contribution in [3.05, 3.63) is 22.5 Å². The van der Waals surface area contributed by atoms with Crippen LogP contribution in [0.4, 0.5) is 0 Å². The van der Waals surface area contributed by atoms with Gasteiger partial charge in [0.15, 0.2) is 0 Å². The van der Waals surface area contributed by atoms with Gasteiger partial charge >= 0.3 is 5.97 Å². The number of H-pyrrole nitrogens is 1. The number of carbonyl (C=O) groups excluding carboxylic acids is 2. The maximum Gasteiger partial charge on any atom is 0.340 e. The first-order valence-electron chi connectivity index (χ1n) is 10.3. The van der Waals surface area contributed by atoms with Gasteiger partial charge in [-0.15, -0.1) is 0 Å². The van der Waals surface area contributed by atoms with Crippen molar-refractivity contribution in [3.8, 4) is 0 Å². The third kappa shape index (κ3) is 6.55. The number of morpholine rings is 1. The summed E-state index contributed by atoms with van der Waals surface area (Å²) in [6, 6.07) is 0.262. The average Bonchev–Trinajstić information content (AvgIpc) is 2.99. The first-order chi connectivity index (χ1) is 13.8. The van der Waals surface area contributed by atoms with Crippen LogP contribution in [0.2, 0.25) is 0 Å². The highest BCUT2D eigenvalue weighted by molar-refractivity contribution is 6.00. The molecule has 1 aliphatic heterocycles. The molecule has 1 unspecified atom stereocenters. The number of methoxy groups -OCH3 is 1. The molecular formula is C21H35N3O5. The fraction of sp³-hybridized carbons (Fsp3) is 0.714. The van der Waals surface area contributed by atoms with E-state index in [0.717, 1.165) is 32.7 Å². The van der Waals surface area contributed by atoms with Crippen molar-refractivity contribution in [2.45, 2.75) is 40.2 Å². The molecule has 1 aromatic rings. The summed E-state index contributed by atoms with van der Waals surface area (Å²) in [6.45, 7) is 12.2. The lowest BCUT2D eigenvalue weighted by molar-refractivity contribution is 0.0124. The standard InChI is InChI=1S/C21H35N3O5/c1-14(2)12-17(24-6-8-28-9-7-24)13-22-20(25)19-15(3)18(16(4)23-19)21(26)29-11-10-27-5/h14,17,23H,6-13H2,1-5H3,(H,22,25). The van der Waals surface area contributed by atoms with Crippen LogP contribution in [0.15, 0.2) is 0 Å². The van der Waals surface area contributed by atoms with E-state index in [1.54, 1.807) is 21.0 Å². The highest BCUT2D eigenvalue weighted by atomic mass is 16.6. The van der Waals surface area contributed by atoms with Gasteiger partial charge in [-0.2, -0.15) is 0 Å². The Morgan fingerprint density at radius 1 is 1.21 bits per heavy atom. The summed E-state index contributed by atoms with van der Waals surface area (Å²) in [4.78, 5) is 30.6. The molecule has 1 saturated heterocycles. The third-order valence-corrected chi connectivity index (χ3v) is 5.19. The number of esters is 1. The molecule has 0 saturated carbocycles. The Morgan fingerprint density at radius 3 is 2.52 bits per heavy atom. The van der Waals surface area contributed by atoms with Crippen molar-refractivity contribution >= 4 is 11.9 Å². The van der Waals surface area contributed by atoms with Crippen LogP contribution in [0.1, 0.15) is 52.4 Å². The Kier molecular flexibility index (Phi) is 9.13. The summed E-state index contributed by atoms with van der Waals surface area (Å²) in [5.74, 6) is -0.121. The average molecular weight is 410 g/mol. The summed E-state index contributed by atoms with van der Waals surface area (Å²) in [7, 11) is 1.55. The minimum atomic E-state index is -0.446. The molecule has 0 bridgehead atoms. The molecule has 2 heterocycles. The number of aryl methyl sites for hydroxylation is 1. The van der Waals surface area contributed by atoms with Crippen LogP contribution in [0.5, 0.6) is 0 Å². The van der Waals surface area contributed by atoms with E-state index in [2.05, 4.69) is 29.0 Å². The highest BCUT2D eigenvalue weighted by Gasteiger charge is 2.25. The van der Waals surface area contributed by atoms with E-state index in [1.807, 2.05) is 0 Å². The molecule has 1 aromatic heterocycles. The number of nitrogens with one attached hydrogen (secondary N) is 2. The maximum absolute atomic E-state index is 12.8. The molecule has 2 rings (SSSR count). The van der Waals surface area contributed by atoms with E-state index in [-0.39, 0.29) is 18.6 Å². The van der Waals surface area contributed by atoms with Crippen molar-refractivity contribution in [2.24, 2.45) is 5.92 Å². The molecule has 8 nitrogen and oxygen atoms in total. The first-order valence-corrected chi connectivity index (χ1v) is 10.3. The van der Waals surface area contributed by atoms with Crippen LogP contribution in [0.3, 0.4) is 0 Å². The fourth-order valence-electron chi connectivity index (χ4n) is 3.72. The van der Waals surface area contributed by atoms with Crippen LogP contribution < -0.4 is 5.32 Å². The number of ether oxygens (including phenoxy) is 3. The maximum atomic E-state index is 12.8. The van der Waals surface area contributed by atoms with E-state index in [1.165, 1.54) is 0 Å². The lowest BCUT2D eigenvalue weighted by atomic mass is 10.0. The topological polar surface area (TPSA) is 92.9 Å². The zero-order valence-electron chi connectivity index (χ0n) is 18.3. The largest absolute Gasteiger partial charge is 0.460 e. The Labute approximate surface area is 173 Å². The van der Waals surface area contributed by atoms with Crippen molar-refractivity contribution in [1.82, 2.24) is 15.2 Å². The second kappa shape index (κ2) is 11.3. The van der Waals surface area contributed by atoms with Gasteiger partial charge in [-0.25, -0.2) is 4.79 Å². The predicted molar refractivity (Wildman–Crippen MR) is 110 cm³/mol. The van der Waals surface area contributed by atoms with E-state index >= 15 is 0 Å². The predicted octanol–water partition coefficient (Wildman–Crippen LogP) is 1.91. The number of hydrogen-bond acceptors (Lipinski definition) is 6. The molecule has 1 aliphatic rings. The summed E-state index contributed by atoms with van der Waals surface area (Å²) in [5, 5.41) is 3.05. The lowest BCUT2D eigenvalue weighted by Crippen LogP contribution is -2.49. The summed E-state index contributed by atoms with van der Waals surface area (Å²) in [5.41, 5.74) is 2.06. The molecule has 0 spiro atoms. The molecule has 29 heavy (non-hydrogen) atoms. The normalized spacial score (nSPS) is 16.1. The molecule has 0 aromatic carbocycles. The first kappa shape index (κ1) is 23.4. The van der Waals surface area contributed by atoms with Gasteiger partial charge in [-0.1, -0.05) is 13.8 Å². The molecule has 1 amide bonds. The van der Waals surface area contributed by atoms with E-state index in [4.69, 9.17) is 14.2 Å². The van der Waals surface area contributed by atoms with Crippen molar-refractivity contribution in [3.63, 3.8) is 0 Å². The van der Waals surface area contributed by atoms with Crippen molar-refractivity contribution in [2.75, 3.05) is 53.2 Å². The number of rotatable bonds is 10. The third-order valence-electron chi connectivity index (χ3n) is 5.19. The van der Waals surface area contributed by atoms with Gasteiger partial charge in [0.25, 0.3) is 5.91 Å². The van der Waals surface area contributed by atoms with Gasteiger partial charge in [-0.3, -0.25) is 9.69 Å². The number of carbonyl (C=O) groups is 2. The number of amides is 1. The Bertz CT molecular complexity index is 680. The van der Waals surface area contributed by atoms with Crippen LogP contribution in [0.25, 0.3) is 0 Å². The second-order valence-corrected chi connectivity index (χ2v) is 7.90. The molecule has 1 fully saturated rings. The highest BCUT2D eigenvalue weighted by Crippen LogP contribution is 2.19. The lowest BCUT2D eigenvalue weighted by Gasteiger charge is -2.35. The molecule has 8 heteroatoms. The van der Waals surface area contributed by atoms with E-state index in [9.17, 15) is 9.59 Å². The Balaban J connectivity index is 2.03. The van der Waals surface area contributed by atoms with Gasteiger partial charge < -0.3 is 24.5 Å². The second-order valence-electron chi connectivity index (χ2n) is 7.90. The van der Waals surface area contributed by atoms with Gasteiger partial charge in [0.1, 0.15) is 12.3 Å². The molecule has 164 valence electrons. The number of aromatic nitrogens is 1. The molecule has 0 radical (unpaired) electrons. The van der Waals surface area contributed by atoms with E-state index in [0.29, 0.717) is 41.6 Å². The van der Waals surface area contributed by atoms with Gasteiger partial charge in [0.05, 0.1) is 25.4 Å². The smallest absolute Gasteiger partial charge is 0.340 e. The fourth-order valence-corrected chi connectivity index (χ4v) is 3.72. The number of hydrogen-bond donors (Lipinski definition) is 2. The summed E-state index contributed by atoms with van der Waals surface area (Å²) < 4.78 is 15.6. The monoisotopic (exact) mass is 409 g/mol. The Morgan fingerprint density at radius 2 is 1.90 bits per heavy atom. The van der Waals surface area contributed by atoms with E-state index < -0.39 is 5.97 Å². The molecule has 2 N–H and O–H groups in total. The van der Waals surface area contributed by atoms with Crippen LogP contribution in [0, 0.1) is 19.8 Å². The van der Waals surface area contributed by atoms with Crippen molar-refractivity contribution in [1.29, 1.82) is 0 Å². The summed E-state index contributed by atoms with van der Waals surface area (Å²) in [6.07, 6.45) is 1.00. The number of aromatic amines is 1. The van der Waals surface area contributed by atoms with Crippen LogP contribution in [-0.2, 0) is 14.2 Å². The summed E-state index contributed by atoms with van der Waals surface area (Å²) >= 11 is 0. The molecule has 0 aliphatic carbocycles. The zero-order chi connectivity index (χ0) is 21.4. The van der Waals surface area contributed by atoms with Gasteiger partial charge in [0.2, 0.25) is 0 Å². The number of nitrogens with zero attached hydrogens (tertiary/aromatic N) is 1. The van der Waals surface area contributed by atoms with Gasteiger partial charge in [-0.05, 0) is 31.7 Å². The minimum absolute atomic E-state index is 0.178. The van der Waals surface area contributed by atoms with Gasteiger partial charge in [0, 0.05) is 38.5 Å². The molecule has 1 atom stereocenters. The van der Waals surface area contributed by atoms with Crippen LogP contribution >= 0.6 is 0 Å². The van der Waals surface area contributed by atoms with Crippen LogP contribution in [-0.4, -0.2) is 81.0 Å². The quantitative estimate of drug-likeness (QED) is 0.453. The molecular weight excluding hydrogens is 374 g/mol. The Hall–Kier alpha value is -1.90.